The summed E-state index contributed by atoms with van der Waals surface area (Å²) in [5.41, 5.74) is 0.296. The predicted octanol–water partition coefficient (Wildman–Crippen LogP) is 3.07. The largest absolute Gasteiger partial charge is 0.425 e. The van der Waals surface area contributed by atoms with Crippen molar-refractivity contribution in [2.24, 2.45) is 14.1 Å². The minimum Gasteiger partial charge on any atom is -0.425 e. The molecule has 148 valence electrons. The van der Waals surface area contributed by atoms with Gasteiger partial charge in [0.05, 0.1) is 6.54 Å². The molecule has 7 nitrogen and oxygen atoms in total. The fourth-order valence-corrected chi connectivity index (χ4v) is 3.16. The first-order chi connectivity index (χ1) is 13.8. The van der Waals surface area contributed by atoms with E-state index in [1.54, 1.807) is 16.7 Å². The van der Waals surface area contributed by atoms with Gasteiger partial charge in [0.2, 0.25) is 0 Å². The SMILES string of the molecule is Cn1c(=O)c2c(nc(Oc3ccc(F)cc3)n2Cc2ccc(Cl)cc2)n(C)c1=O. The van der Waals surface area contributed by atoms with E-state index in [9.17, 15) is 14.0 Å². The van der Waals surface area contributed by atoms with Gasteiger partial charge in [-0.15, -0.1) is 0 Å². The number of nitrogens with zero attached hydrogens (tertiary/aromatic N) is 4. The standard InChI is InChI=1S/C20H16ClFN4O3/c1-24-17-16(18(27)25(2)20(24)28)26(11-12-3-5-13(21)6-4-12)19(23-17)29-15-9-7-14(22)8-10-15/h3-10H,11H2,1-2H3. The molecule has 29 heavy (non-hydrogen) atoms. The lowest BCUT2D eigenvalue weighted by molar-refractivity contribution is 0.420. The van der Waals surface area contributed by atoms with Crippen molar-refractivity contribution < 1.29 is 9.13 Å². The third kappa shape index (κ3) is 3.42. The van der Waals surface area contributed by atoms with Gasteiger partial charge in [0.25, 0.3) is 5.56 Å². The van der Waals surface area contributed by atoms with Crippen LogP contribution < -0.4 is 16.0 Å². The first-order valence-electron chi connectivity index (χ1n) is 8.69. The molecular formula is C20H16ClFN4O3. The van der Waals surface area contributed by atoms with Gasteiger partial charge in [0.15, 0.2) is 11.2 Å². The summed E-state index contributed by atoms with van der Waals surface area (Å²) >= 11 is 5.96. The first-order valence-corrected chi connectivity index (χ1v) is 9.07. The van der Waals surface area contributed by atoms with Gasteiger partial charge in [-0.2, -0.15) is 4.98 Å². The molecular weight excluding hydrogens is 399 g/mol. The van der Waals surface area contributed by atoms with Crippen molar-refractivity contribution in [1.29, 1.82) is 0 Å². The van der Waals surface area contributed by atoms with Gasteiger partial charge in [-0.1, -0.05) is 23.7 Å². The number of hydrogen-bond acceptors (Lipinski definition) is 4. The Morgan fingerprint density at radius 1 is 1.00 bits per heavy atom. The van der Waals surface area contributed by atoms with Crippen molar-refractivity contribution in [3.8, 4) is 11.8 Å². The summed E-state index contributed by atoms with van der Waals surface area (Å²) in [7, 11) is 2.94. The molecule has 4 aromatic rings. The Labute approximate surface area is 169 Å². The summed E-state index contributed by atoms with van der Waals surface area (Å²) in [6.07, 6.45) is 0. The third-order valence-electron chi connectivity index (χ3n) is 4.59. The molecule has 0 aliphatic carbocycles. The molecule has 0 saturated heterocycles. The number of rotatable bonds is 4. The molecule has 0 aliphatic rings. The normalized spacial score (nSPS) is 11.2. The summed E-state index contributed by atoms with van der Waals surface area (Å²) in [5, 5.41) is 0.588. The topological polar surface area (TPSA) is 71.1 Å². The van der Waals surface area contributed by atoms with Crippen molar-refractivity contribution in [2.75, 3.05) is 0 Å². The van der Waals surface area contributed by atoms with Crippen LogP contribution in [-0.4, -0.2) is 18.7 Å². The average Bonchev–Trinajstić information content (AvgIpc) is 3.06. The summed E-state index contributed by atoms with van der Waals surface area (Å²) in [6, 6.07) is 12.7. The minimum absolute atomic E-state index is 0.111. The van der Waals surface area contributed by atoms with E-state index >= 15 is 0 Å². The molecule has 0 amide bonds. The summed E-state index contributed by atoms with van der Waals surface area (Å²) in [5.74, 6) is -0.0517. The van der Waals surface area contributed by atoms with Crippen molar-refractivity contribution >= 4 is 22.8 Å². The number of fused-ring (bicyclic) bond motifs is 1. The second-order valence-corrected chi connectivity index (χ2v) is 6.98. The molecule has 0 bridgehead atoms. The van der Waals surface area contributed by atoms with Crippen LogP contribution in [0.25, 0.3) is 11.2 Å². The van der Waals surface area contributed by atoms with E-state index in [2.05, 4.69) is 4.98 Å². The monoisotopic (exact) mass is 414 g/mol. The number of halogens is 2. The fraction of sp³-hybridized carbons (Fsp3) is 0.150. The van der Waals surface area contributed by atoms with E-state index in [0.717, 1.165) is 10.1 Å². The minimum atomic E-state index is -0.494. The smallest absolute Gasteiger partial charge is 0.332 e. The van der Waals surface area contributed by atoms with Gasteiger partial charge in [-0.3, -0.25) is 18.5 Å². The summed E-state index contributed by atoms with van der Waals surface area (Å²) < 4.78 is 22.9. The number of hydrogen-bond donors (Lipinski definition) is 0. The maximum absolute atomic E-state index is 13.2. The van der Waals surface area contributed by atoms with Crippen LogP contribution >= 0.6 is 11.6 Å². The quantitative estimate of drug-likeness (QED) is 0.514. The van der Waals surface area contributed by atoms with Crippen LogP contribution in [0.2, 0.25) is 5.02 Å². The van der Waals surface area contributed by atoms with Crippen LogP contribution in [0.4, 0.5) is 4.39 Å². The van der Waals surface area contributed by atoms with Crippen LogP contribution in [0.15, 0.2) is 58.1 Å². The zero-order chi connectivity index (χ0) is 20.7. The van der Waals surface area contributed by atoms with E-state index in [4.69, 9.17) is 16.3 Å². The number of imidazole rings is 1. The highest BCUT2D eigenvalue weighted by Gasteiger charge is 2.21. The predicted molar refractivity (Wildman–Crippen MR) is 107 cm³/mol. The van der Waals surface area contributed by atoms with Gasteiger partial charge in [-0.05, 0) is 42.0 Å². The van der Waals surface area contributed by atoms with E-state index in [0.29, 0.717) is 10.8 Å². The molecule has 9 heteroatoms. The maximum Gasteiger partial charge on any atom is 0.332 e. The van der Waals surface area contributed by atoms with Crippen LogP contribution in [-0.2, 0) is 20.6 Å². The summed E-state index contributed by atoms with van der Waals surface area (Å²) in [6.45, 7) is 0.262. The van der Waals surface area contributed by atoms with Crippen LogP contribution in [0.3, 0.4) is 0 Å². The number of ether oxygens (including phenoxy) is 1. The Morgan fingerprint density at radius 3 is 2.31 bits per heavy atom. The van der Waals surface area contributed by atoms with Gasteiger partial charge in [0.1, 0.15) is 11.6 Å². The lowest BCUT2D eigenvalue weighted by Gasteiger charge is -2.10. The highest BCUT2D eigenvalue weighted by molar-refractivity contribution is 6.30. The Balaban J connectivity index is 1.93. The van der Waals surface area contributed by atoms with Crippen LogP contribution in [0.1, 0.15) is 5.56 Å². The van der Waals surface area contributed by atoms with Crippen molar-refractivity contribution in [1.82, 2.24) is 18.7 Å². The van der Waals surface area contributed by atoms with E-state index < -0.39 is 17.1 Å². The van der Waals surface area contributed by atoms with Crippen molar-refractivity contribution in [3.63, 3.8) is 0 Å². The Hall–Kier alpha value is -3.39. The number of aryl methyl sites for hydroxylation is 1. The van der Waals surface area contributed by atoms with Crippen molar-refractivity contribution in [2.45, 2.75) is 6.54 Å². The van der Waals surface area contributed by atoms with Gasteiger partial charge >= 0.3 is 11.7 Å². The fourth-order valence-electron chi connectivity index (χ4n) is 3.03. The van der Waals surface area contributed by atoms with E-state index in [-0.39, 0.29) is 23.7 Å². The van der Waals surface area contributed by atoms with Gasteiger partial charge in [0, 0.05) is 19.1 Å². The molecule has 0 N–H and O–H groups in total. The Kier molecular flexibility index (Phi) is 4.71. The molecule has 2 aromatic heterocycles. The number of benzene rings is 2. The molecule has 0 fully saturated rings. The van der Waals surface area contributed by atoms with Crippen molar-refractivity contribution in [3.05, 3.63) is 85.8 Å². The zero-order valence-corrected chi connectivity index (χ0v) is 16.4. The van der Waals surface area contributed by atoms with Gasteiger partial charge in [-0.25, -0.2) is 9.18 Å². The molecule has 0 unspecified atom stereocenters. The molecule has 4 rings (SSSR count). The molecule has 2 heterocycles. The van der Waals surface area contributed by atoms with Crippen LogP contribution in [0, 0.1) is 5.82 Å². The molecule has 0 saturated carbocycles. The Morgan fingerprint density at radius 2 is 1.66 bits per heavy atom. The summed E-state index contributed by atoms with van der Waals surface area (Å²) in [4.78, 5) is 29.5. The average molecular weight is 415 g/mol. The molecule has 0 aliphatic heterocycles. The molecule has 0 atom stereocenters. The molecule has 0 radical (unpaired) electrons. The third-order valence-corrected chi connectivity index (χ3v) is 4.84. The highest BCUT2D eigenvalue weighted by atomic mass is 35.5. The highest BCUT2D eigenvalue weighted by Crippen LogP contribution is 2.25. The van der Waals surface area contributed by atoms with E-state index in [1.807, 2.05) is 12.1 Å². The first kappa shape index (κ1) is 18.9. The van der Waals surface area contributed by atoms with Crippen LogP contribution in [0.5, 0.6) is 11.8 Å². The molecule has 0 spiro atoms. The van der Waals surface area contributed by atoms with E-state index in [1.165, 1.54) is 42.9 Å². The second kappa shape index (κ2) is 7.21. The lowest BCUT2D eigenvalue weighted by atomic mass is 10.2. The Bertz CT molecular complexity index is 1320. The van der Waals surface area contributed by atoms with Gasteiger partial charge < -0.3 is 4.74 Å². The second-order valence-electron chi connectivity index (χ2n) is 6.54. The maximum atomic E-state index is 13.2. The lowest BCUT2D eigenvalue weighted by Crippen LogP contribution is -2.37. The zero-order valence-electron chi connectivity index (χ0n) is 15.6. The number of aromatic nitrogens is 4. The molecule has 2 aromatic carbocycles.